The molecule has 3 aromatic rings. The van der Waals surface area contributed by atoms with E-state index in [-0.39, 0.29) is 42.2 Å². The quantitative estimate of drug-likeness (QED) is 0.483. The van der Waals surface area contributed by atoms with Crippen LogP contribution in [0.25, 0.3) is 11.2 Å². The van der Waals surface area contributed by atoms with Crippen LogP contribution in [-0.2, 0) is 14.3 Å². The van der Waals surface area contributed by atoms with Gasteiger partial charge in [0, 0.05) is 33.5 Å². The van der Waals surface area contributed by atoms with Crippen molar-refractivity contribution in [2.75, 3.05) is 37.5 Å². The van der Waals surface area contributed by atoms with Crippen molar-refractivity contribution in [3.05, 3.63) is 58.4 Å². The topological polar surface area (TPSA) is 118 Å². The lowest BCUT2D eigenvalue weighted by atomic mass is 10.0. The summed E-state index contributed by atoms with van der Waals surface area (Å²) in [6.45, 7) is 2.84. The summed E-state index contributed by atoms with van der Waals surface area (Å²) in [4.78, 5) is 48.7. The molecule has 3 heterocycles. The van der Waals surface area contributed by atoms with E-state index >= 15 is 0 Å². The maximum atomic E-state index is 13.7. The number of nitrogens with one attached hydrogen (secondary N) is 2. The fraction of sp³-hybridized carbons (Fsp3) is 0.400. The van der Waals surface area contributed by atoms with Gasteiger partial charge in [0.05, 0.1) is 12.6 Å². The molecule has 0 bridgehead atoms. The first-order valence-electron chi connectivity index (χ1n) is 11.8. The Hall–Kier alpha value is -3.79. The number of benzene rings is 1. The predicted molar refractivity (Wildman–Crippen MR) is 134 cm³/mol. The number of carbonyl (C=O) groups excluding carboxylic acids is 2. The normalized spacial score (nSPS) is 15.8. The van der Waals surface area contributed by atoms with Gasteiger partial charge in [0.25, 0.3) is 11.5 Å². The number of rotatable bonds is 9. The zero-order valence-corrected chi connectivity index (χ0v) is 20.2. The Morgan fingerprint density at radius 2 is 1.94 bits per heavy atom. The molecule has 1 aliphatic heterocycles. The first-order chi connectivity index (χ1) is 16.9. The molecule has 2 atom stereocenters. The number of carbonyl (C=O) groups is 2. The van der Waals surface area contributed by atoms with E-state index in [1.54, 1.807) is 30.8 Å². The highest BCUT2D eigenvalue weighted by molar-refractivity contribution is 5.96. The van der Waals surface area contributed by atoms with Gasteiger partial charge in [-0.2, -0.15) is 0 Å². The molecule has 184 valence electrons. The van der Waals surface area contributed by atoms with Crippen LogP contribution in [0.15, 0.2) is 47.3 Å². The Balaban J connectivity index is 1.81. The number of hydrogen-bond donors (Lipinski definition) is 2. The molecule has 4 rings (SSSR count). The van der Waals surface area contributed by atoms with Gasteiger partial charge in [0.2, 0.25) is 5.91 Å². The van der Waals surface area contributed by atoms with Crippen molar-refractivity contribution in [3.8, 4) is 0 Å². The number of aromatic nitrogens is 3. The van der Waals surface area contributed by atoms with E-state index in [0.717, 1.165) is 5.56 Å². The van der Waals surface area contributed by atoms with Gasteiger partial charge >= 0.3 is 0 Å². The maximum absolute atomic E-state index is 13.7. The van der Waals surface area contributed by atoms with Crippen molar-refractivity contribution in [1.82, 2.24) is 19.9 Å². The van der Waals surface area contributed by atoms with Crippen molar-refractivity contribution in [2.24, 2.45) is 0 Å². The van der Waals surface area contributed by atoms with Crippen LogP contribution in [0.3, 0.4) is 0 Å². The van der Waals surface area contributed by atoms with Crippen LogP contribution in [0, 0.1) is 0 Å². The van der Waals surface area contributed by atoms with Crippen molar-refractivity contribution in [1.29, 1.82) is 0 Å². The van der Waals surface area contributed by atoms with Gasteiger partial charge in [-0.05, 0) is 24.1 Å². The summed E-state index contributed by atoms with van der Waals surface area (Å²) in [6, 6.07) is 12.9. The SMILES string of the molecule is CC[C@@H](c1ccccc1)n1c(=O)c(NCCC(=O)NC)nc2ccc(N(C)C(=O)C3CCO3)nc21. The van der Waals surface area contributed by atoms with E-state index in [9.17, 15) is 14.4 Å². The first-order valence-corrected chi connectivity index (χ1v) is 11.8. The van der Waals surface area contributed by atoms with Gasteiger partial charge < -0.3 is 15.4 Å². The van der Waals surface area contributed by atoms with E-state index in [1.807, 2.05) is 37.3 Å². The molecule has 2 aromatic heterocycles. The van der Waals surface area contributed by atoms with E-state index in [0.29, 0.717) is 36.4 Å². The largest absolute Gasteiger partial charge is 0.368 e. The molecule has 1 fully saturated rings. The second-order valence-electron chi connectivity index (χ2n) is 8.38. The van der Waals surface area contributed by atoms with Crippen LogP contribution >= 0.6 is 0 Å². The number of anilines is 2. The number of nitrogens with zero attached hydrogens (tertiary/aromatic N) is 4. The molecule has 1 aliphatic rings. The molecule has 0 aliphatic carbocycles. The fourth-order valence-electron chi connectivity index (χ4n) is 4.09. The van der Waals surface area contributed by atoms with Crippen molar-refractivity contribution < 1.29 is 14.3 Å². The van der Waals surface area contributed by atoms with E-state index in [1.165, 1.54) is 4.90 Å². The second kappa shape index (κ2) is 10.6. The minimum absolute atomic E-state index is 0.135. The number of ether oxygens (including phenoxy) is 1. The third-order valence-corrected chi connectivity index (χ3v) is 6.18. The minimum Gasteiger partial charge on any atom is -0.368 e. The van der Waals surface area contributed by atoms with Gasteiger partial charge in [0.1, 0.15) is 17.4 Å². The molecule has 0 radical (unpaired) electrons. The second-order valence-corrected chi connectivity index (χ2v) is 8.38. The van der Waals surface area contributed by atoms with Crippen LogP contribution < -0.4 is 21.1 Å². The highest BCUT2D eigenvalue weighted by Gasteiger charge is 2.30. The number of fused-ring (bicyclic) bond motifs is 1. The van der Waals surface area contributed by atoms with Gasteiger partial charge in [-0.1, -0.05) is 37.3 Å². The summed E-state index contributed by atoms with van der Waals surface area (Å²) in [5.74, 6) is 0.255. The highest BCUT2D eigenvalue weighted by Crippen LogP contribution is 2.26. The van der Waals surface area contributed by atoms with Crippen LogP contribution in [0.5, 0.6) is 0 Å². The summed E-state index contributed by atoms with van der Waals surface area (Å²) < 4.78 is 6.96. The van der Waals surface area contributed by atoms with Gasteiger partial charge in [-0.3, -0.25) is 23.9 Å². The van der Waals surface area contributed by atoms with Gasteiger partial charge in [0.15, 0.2) is 11.5 Å². The lowest BCUT2D eigenvalue weighted by Crippen LogP contribution is -2.44. The number of hydrogen-bond acceptors (Lipinski definition) is 7. The Bertz CT molecular complexity index is 1270. The smallest absolute Gasteiger partial charge is 0.295 e. The average Bonchev–Trinajstić information content (AvgIpc) is 2.85. The Morgan fingerprint density at radius 1 is 1.20 bits per heavy atom. The van der Waals surface area contributed by atoms with Gasteiger partial charge in [-0.25, -0.2) is 9.97 Å². The van der Waals surface area contributed by atoms with Crippen LogP contribution in [0.2, 0.25) is 0 Å². The Morgan fingerprint density at radius 3 is 2.57 bits per heavy atom. The molecule has 0 spiro atoms. The molecule has 35 heavy (non-hydrogen) atoms. The van der Waals surface area contributed by atoms with E-state index < -0.39 is 6.10 Å². The predicted octanol–water partition coefficient (Wildman–Crippen LogP) is 2.09. The molecule has 10 nitrogen and oxygen atoms in total. The maximum Gasteiger partial charge on any atom is 0.295 e. The van der Waals surface area contributed by atoms with E-state index in [2.05, 4.69) is 15.6 Å². The molecule has 0 saturated carbocycles. The molecular weight excluding hydrogens is 448 g/mol. The third kappa shape index (κ3) is 5.02. The third-order valence-electron chi connectivity index (χ3n) is 6.18. The monoisotopic (exact) mass is 478 g/mol. The first kappa shape index (κ1) is 24.3. The molecule has 1 unspecified atom stereocenters. The standard InChI is InChI=1S/C25H30N6O4/c1-4-18(16-8-6-5-7-9-16)31-23-17(28-22(25(31)34)27-14-12-21(32)26-2)10-11-20(29-23)30(3)24(33)19-13-15-35-19/h5-11,18-19H,4,12-15H2,1-3H3,(H,26,32)(H,27,28)/t18-,19?/m0/s1. The summed E-state index contributed by atoms with van der Waals surface area (Å²) in [7, 11) is 3.22. The summed E-state index contributed by atoms with van der Waals surface area (Å²) in [5.41, 5.74) is 1.51. The summed E-state index contributed by atoms with van der Waals surface area (Å²) in [5, 5.41) is 5.58. The zero-order chi connectivity index (χ0) is 24.9. The summed E-state index contributed by atoms with van der Waals surface area (Å²) in [6.07, 6.45) is 1.06. The molecule has 1 saturated heterocycles. The number of likely N-dealkylation sites (N-methyl/N-ethyl adjacent to an activating group) is 1. The molecule has 1 aromatic carbocycles. The Kier molecular flexibility index (Phi) is 7.40. The van der Waals surface area contributed by atoms with Gasteiger partial charge in [-0.15, -0.1) is 0 Å². The van der Waals surface area contributed by atoms with Crippen molar-refractivity contribution >= 4 is 34.6 Å². The lowest BCUT2D eigenvalue weighted by molar-refractivity contribution is -0.141. The number of pyridine rings is 1. The molecule has 10 heteroatoms. The van der Waals surface area contributed by atoms with Crippen molar-refractivity contribution in [3.63, 3.8) is 0 Å². The van der Waals surface area contributed by atoms with Crippen LogP contribution in [0.4, 0.5) is 11.6 Å². The lowest BCUT2D eigenvalue weighted by Gasteiger charge is -2.29. The molecule has 2 amide bonds. The number of amides is 2. The highest BCUT2D eigenvalue weighted by atomic mass is 16.5. The summed E-state index contributed by atoms with van der Waals surface area (Å²) >= 11 is 0. The zero-order valence-electron chi connectivity index (χ0n) is 20.2. The molecular formula is C25H30N6O4. The molecule has 2 N–H and O–H groups in total. The van der Waals surface area contributed by atoms with Crippen molar-refractivity contribution in [2.45, 2.75) is 38.3 Å². The van der Waals surface area contributed by atoms with E-state index in [4.69, 9.17) is 9.72 Å². The minimum atomic E-state index is -0.461. The average molecular weight is 479 g/mol. The Labute approximate surface area is 203 Å². The van der Waals surface area contributed by atoms with Crippen LogP contribution in [0.1, 0.15) is 37.8 Å². The van der Waals surface area contributed by atoms with Crippen LogP contribution in [-0.4, -0.2) is 59.7 Å². The fourth-order valence-corrected chi connectivity index (χ4v) is 4.09.